The zero-order chi connectivity index (χ0) is 12.4. The molecule has 0 saturated heterocycles. The molecule has 0 aliphatic carbocycles. The van der Waals surface area contributed by atoms with E-state index in [1.54, 1.807) is 6.08 Å². The van der Waals surface area contributed by atoms with Gasteiger partial charge in [0.2, 0.25) is 0 Å². The lowest BCUT2D eigenvalue weighted by atomic mass is 10.0. The van der Waals surface area contributed by atoms with Crippen molar-refractivity contribution in [3.63, 3.8) is 0 Å². The first-order valence-corrected chi connectivity index (χ1v) is 5.66. The van der Waals surface area contributed by atoms with Crippen molar-refractivity contribution in [3.05, 3.63) is 36.1 Å². The summed E-state index contributed by atoms with van der Waals surface area (Å²) in [7, 11) is 0. The molecule has 2 nitrogen and oxygen atoms in total. The fourth-order valence-electron chi connectivity index (χ4n) is 1.17. The van der Waals surface area contributed by atoms with Crippen LogP contribution in [0, 0.1) is 5.92 Å². The summed E-state index contributed by atoms with van der Waals surface area (Å²) in [5, 5.41) is 0. The van der Waals surface area contributed by atoms with Gasteiger partial charge in [-0.25, -0.2) is 0 Å². The van der Waals surface area contributed by atoms with E-state index < -0.39 is 0 Å². The minimum absolute atomic E-state index is 0.291. The lowest BCUT2D eigenvalue weighted by Crippen LogP contribution is -1.89. The Balaban J connectivity index is 3.74. The Morgan fingerprint density at radius 3 is 2.50 bits per heavy atom. The molecule has 0 radical (unpaired) electrons. The number of esters is 1. The highest BCUT2D eigenvalue weighted by atomic mass is 16.5. The Hall–Kier alpha value is -1.31. The Morgan fingerprint density at radius 1 is 1.25 bits per heavy atom. The lowest BCUT2D eigenvalue weighted by molar-refractivity contribution is -0.135. The van der Waals surface area contributed by atoms with Crippen molar-refractivity contribution in [2.24, 2.45) is 5.92 Å². The second kappa shape index (κ2) is 8.96. The molecular weight excluding hydrogens is 200 g/mol. The highest BCUT2D eigenvalue weighted by molar-refractivity contribution is 5.66. The number of rotatable bonds is 6. The maximum atomic E-state index is 10.4. The van der Waals surface area contributed by atoms with E-state index in [1.165, 1.54) is 18.8 Å². The molecule has 1 atom stereocenters. The molecule has 2 heteroatoms. The minimum atomic E-state index is -0.291. The van der Waals surface area contributed by atoms with Gasteiger partial charge in [0.25, 0.3) is 0 Å². The average molecular weight is 222 g/mol. The zero-order valence-corrected chi connectivity index (χ0v) is 10.7. The Labute approximate surface area is 98.7 Å². The van der Waals surface area contributed by atoms with Gasteiger partial charge >= 0.3 is 5.97 Å². The predicted molar refractivity (Wildman–Crippen MR) is 67.9 cm³/mol. The Morgan fingerprint density at radius 2 is 1.94 bits per heavy atom. The SMILES string of the molecule is CC(=O)O/C=C/C=C/[C@@H](C)CCC=C(C)C. The number of allylic oxidation sites excluding steroid dienone is 5. The van der Waals surface area contributed by atoms with E-state index in [2.05, 4.69) is 37.7 Å². The van der Waals surface area contributed by atoms with Crippen LogP contribution in [-0.2, 0) is 9.53 Å². The van der Waals surface area contributed by atoms with E-state index in [0.29, 0.717) is 5.92 Å². The molecule has 90 valence electrons. The van der Waals surface area contributed by atoms with Crippen molar-refractivity contribution in [2.45, 2.75) is 40.5 Å². The summed E-state index contributed by atoms with van der Waals surface area (Å²) in [5.41, 5.74) is 1.37. The van der Waals surface area contributed by atoms with E-state index in [4.69, 9.17) is 0 Å². The first-order chi connectivity index (χ1) is 7.52. The first kappa shape index (κ1) is 14.7. The smallest absolute Gasteiger partial charge is 0.307 e. The molecule has 0 amide bonds. The second-order valence-corrected chi connectivity index (χ2v) is 4.16. The third-order valence-electron chi connectivity index (χ3n) is 2.04. The highest BCUT2D eigenvalue weighted by Crippen LogP contribution is 2.09. The topological polar surface area (TPSA) is 26.3 Å². The molecular formula is C14H22O2. The highest BCUT2D eigenvalue weighted by Gasteiger charge is 1.93. The van der Waals surface area contributed by atoms with Crippen molar-refractivity contribution < 1.29 is 9.53 Å². The summed E-state index contributed by atoms with van der Waals surface area (Å²) in [4.78, 5) is 10.4. The average Bonchev–Trinajstić information content (AvgIpc) is 2.16. The van der Waals surface area contributed by atoms with Gasteiger partial charge in [0.1, 0.15) is 0 Å². The van der Waals surface area contributed by atoms with Crippen molar-refractivity contribution in [3.8, 4) is 0 Å². The van der Waals surface area contributed by atoms with Gasteiger partial charge in [-0.1, -0.05) is 30.7 Å². The molecule has 0 bridgehead atoms. The molecule has 0 unspecified atom stereocenters. The van der Waals surface area contributed by atoms with Crippen molar-refractivity contribution in [1.29, 1.82) is 0 Å². The van der Waals surface area contributed by atoms with Gasteiger partial charge in [-0.2, -0.15) is 0 Å². The number of hydrogen-bond acceptors (Lipinski definition) is 2. The van der Waals surface area contributed by atoms with Crippen LogP contribution in [0.3, 0.4) is 0 Å². The van der Waals surface area contributed by atoms with Crippen LogP contribution in [0.4, 0.5) is 0 Å². The number of carbonyl (C=O) groups is 1. The number of carbonyl (C=O) groups excluding carboxylic acids is 1. The maximum absolute atomic E-state index is 10.4. The van der Waals surface area contributed by atoms with Gasteiger partial charge in [0, 0.05) is 6.92 Å². The van der Waals surface area contributed by atoms with Crippen molar-refractivity contribution in [2.75, 3.05) is 0 Å². The maximum Gasteiger partial charge on any atom is 0.307 e. The first-order valence-electron chi connectivity index (χ1n) is 5.66. The van der Waals surface area contributed by atoms with Gasteiger partial charge < -0.3 is 4.74 Å². The molecule has 0 saturated carbocycles. The fraction of sp³-hybridized carbons (Fsp3) is 0.500. The number of hydrogen-bond donors (Lipinski definition) is 0. The van der Waals surface area contributed by atoms with E-state index in [-0.39, 0.29) is 5.97 Å². The van der Waals surface area contributed by atoms with Gasteiger partial charge in [0.15, 0.2) is 0 Å². The summed E-state index contributed by atoms with van der Waals surface area (Å²) in [6, 6.07) is 0. The molecule has 0 aromatic heterocycles. The molecule has 0 fully saturated rings. The molecule has 0 aromatic rings. The lowest BCUT2D eigenvalue weighted by Gasteiger charge is -2.02. The van der Waals surface area contributed by atoms with Crippen LogP contribution < -0.4 is 0 Å². The minimum Gasteiger partial charge on any atom is -0.435 e. The molecule has 0 N–H and O–H groups in total. The molecule has 0 aromatic carbocycles. The molecule has 0 aliphatic rings. The second-order valence-electron chi connectivity index (χ2n) is 4.16. The van der Waals surface area contributed by atoms with Crippen LogP contribution in [0.25, 0.3) is 0 Å². The summed E-state index contributed by atoms with van der Waals surface area (Å²) in [6.07, 6.45) is 11.7. The van der Waals surface area contributed by atoms with Crippen LogP contribution in [0.2, 0.25) is 0 Å². The summed E-state index contributed by atoms with van der Waals surface area (Å²) in [6.45, 7) is 7.79. The molecule has 16 heavy (non-hydrogen) atoms. The van der Waals surface area contributed by atoms with Crippen LogP contribution in [0.15, 0.2) is 36.1 Å². The summed E-state index contributed by atoms with van der Waals surface area (Å²) < 4.78 is 4.66. The Bertz CT molecular complexity index is 281. The van der Waals surface area contributed by atoms with Crippen LogP contribution in [0.1, 0.15) is 40.5 Å². The monoisotopic (exact) mass is 222 g/mol. The zero-order valence-electron chi connectivity index (χ0n) is 10.7. The van der Waals surface area contributed by atoms with Crippen molar-refractivity contribution in [1.82, 2.24) is 0 Å². The van der Waals surface area contributed by atoms with E-state index in [0.717, 1.165) is 12.8 Å². The number of ether oxygens (including phenoxy) is 1. The predicted octanol–water partition coefficient (Wildman–Crippen LogP) is 4.00. The molecule has 0 aliphatic heterocycles. The quantitative estimate of drug-likeness (QED) is 0.294. The normalized spacial score (nSPS) is 13.0. The van der Waals surface area contributed by atoms with Gasteiger partial charge in [-0.05, 0) is 38.7 Å². The van der Waals surface area contributed by atoms with Crippen LogP contribution >= 0.6 is 0 Å². The van der Waals surface area contributed by atoms with E-state index in [1.807, 2.05) is 6.08 Å². The molecule has 0 rings (SSSR count). The third-order valence-corrected chi connectivity index (χ3v) is 2.04. The van der Waals surface area contributed by atoms with E-state index >= 15 is 0 Å². The van der Waals surface area contributed by atoms with E-state index in [9.17, 15) is 4.79 Å². The molecule has 0 spiro atoms. The fourth-order valence-corrected chi connectivity index (χ4v) is 1.17. The standard InChI is InChI=1S/C14H22O2/c1-12(2)8-7-10-13(3)9-5-6-11-16-14(4)15/h5-6,8-9,11,13H,7,10H2,1-4H3/b9-5+,11-6+/t13-/m1/s1. The van der Waals surface area contributed by atoms with Gasteiger partial charge in [-0.15, -0.1) is 0 Å². The largest absolute Gasteiger partial charge is 0.435 e. The van der Waals surface area contributed by atoms with Crippen LogP contribution in [-0.4, -0.2) is 5.97 Å². The van der Waals surface area contributed by atoms with Crippen LogP contribution in [0.5, 0.6) is 0 Å². The molecule has 0 heterocycles. The van der Waals surface area contributed by atoms with Gasteiger partial charge in [-0.3, -0.25) is 4.79 Å². The summed E-state index contributed by atoms with van der Waals surface area (Å²) in [5.74, 6) is 0.249. The van der Waals surface area contributed by atoms with Gasteiger partial charge in [0.05, 0.1) is 6.26 Å². The summed E-state index contributed by atoms with van der Waals surface area (Å²) >= 11 is 0. The third kappa shape index (κ3) is 10.8. The van der Waals surface area contributed by atoms with Crippen molar-refractivity contribution >= 4 is 5.97 Å². The Kier molecular flexibility index (Phi) is 8.22.